The first-order valence-electron chi connectivity index (χ1n) is 5.92. The highest BCUT2D eigenvalue weighted by Gasteiger charge is 2.34. The van der Waals surface area contributed by atoms with E-state index in [1.807, 2.05) is 48.5 Å². The van der Waals surface area contributed by atoms with E-state index in [9.17, 15) is 4.79 Å². The summed E-state index contributed by atoms with van der Waals surface area (Å²) >= 11 is 0. The van der Waals surface area contributed by atoms with Gasteiger partial charge in [-0.3, -0.25) is 4.79 Å². The number of carbonyl (C=O) groups is 1. The second kappa shape index (κ2) is 5.15. The number of hydrogen-bond acceptors (Lipinski definition) is 2. The van der Waals surface area contributed by atoms with E-state index in [1.165, 1.54) is 0 Å². The lowest BCUT2D eigenvalue weighted by atomic mass is 9.81. The van der Waals surface area contributed by atoms with E-state index in [0.717, 1.165) is 5.56 Å². The topological polar surface area (TPSA) is 43.1 Å². The van der Waals surface area contributed by atoms with Gasteiger partial charge >= 0.3 is 0 Å². The lowest BCUT2D eigenvalue weighted by Crippen LogP contribution is -2.44. The van der Waals surface area contributed by atoms with Crippen LogP contribution in [-0.2, 0) is 5.54 Å². The van der Waals surface area contributed by atoms with Gasteiger partial charge in [0.2, 0.25) is 0 Å². The Kier molecular flexibility index (Phi) is 3.58. The Morgan fingerprint density at radius 2 is 1.50 bits per heavy atom. The van der Waals surface area contributed by atoms with Crippen molar-refractivity contribution in [2.24, 2.45) is 5.73 Å². The van der Waals surface area contributed by atoms with Gasteiger partial charge in [0.25, 0.3) is 0 Å². The van der Waals surface area contributed by atoms with Gasteiger partial charge in [0.05, 0.1) is 0 Å². The first kappa shape index (κ1) is 12.5. The monoisotopic (exact) mass is 238 g/mol. The van der Waals surface area contributed by atoms with Gasteiger partial charge in [0, 0.05) is 5.56 Å². The van der Waals surface area contributed by atoms with E-state index in [1.54, 1.807) is 12.1 Å². The minimum atomic E-state index is -1.05. The molecule has 2 rings (SSSR count). The van der Waals surface area contributed by atoms with Gasteiger partial charge in [-0.05, 0) is 12.0 Å². The van der Waals surface area contributed by atoms with Crippen LogP contribution in [0.25, 0.3) is 0 Å². The van der Waals surface area contributed by atoms with Gasteiger partial charge in [-0.25, -0.2) is 0 Å². The van der Waals surface area contributed by atoms with Gasteiger partial charge in [-0.15, -0.1) is 0 Å². The second-order valence-corrected chi connectivity index (χ2v) is 4.28. The molecule has 2 aromatic rings. The molecule has 0 saturated carbocycles. The number of ketones is 1. The predicted octanol–water partition coefficient (Wildman–Crippen LogP) is 2.95. The molecule has 2 N–H and O–H groups in total. The molecule has 0 spiro atoms. The van der Waals surface area contributed by atoms with E-state index in [4.69, 9.17) is 5.73 Å². The molecule has 2 nitrogen and oxygen atoms in total. The minimum absolute atomic E-state index is 0.0932. The zero-order valence-electron chi connectivity index (χ0n) is 10.2. The molecule has 1 radical (unpaired) electrons. The summed E-state index contributed by atoms with van der Waals surface area (Å²) in [5.74, 6) is -0.0932. The largest absolute Gasteiger partial charge is 0.315 e. The number of carbonyl (C=O) groups excluding carboxylic acids is 1. The maximum atomic E-state index is 12.5. The van der Waals surface area contributed by atoms with Gasteiger partial charge in [-0.2, -0.15) is 0 Å². The number of Topliss-reactive ketones (excluding diaryl/α,β-unsaturated/α-hetero) is 1. The van der Waals surface area contributed by atoms with E-state index in [0.29, 0.717) is 12.0 Å². The van der Waals surface area contributed by atoms with Crippen molar-refractivity contribution in [1.29, 1.82) is 0 Å². The van der Waals surface area contributed by atoms with Crippen molar-refractivity contribution in [3.8, 4) is 0 Å². The SMILES string of the molecule is [CH2]CC(N)(C(=O)c1ccccc1)c1ccccc1. The molecular formula is C16H16NO. The van der Waals surface area contributed by atoms with Gasteiger partial charge < -0.3 is 5.73 Å². The Morgan fingerprint density at radius 3 is 2.00 bits per heavy atom. The highest BCUT2D eigenvalue weighted by Crippen LogP contribution is 2.26. The Bertz CT molecular complexity index is 521. The molecule has 2 heteroatoms. The number of nitrogens with two attached hydrogens (primary N) is 1. The summed E-state index contributed by atoms with van der Waals surface area (Å²) in [5.41, 5.74) is 6.65. The number of hydrogen-bond donors (Lipinski definition) is 1. The molecule has 91 valence electrons. The summed E-state index contributed by atoms with van der Waals surface area (Å²) in [4.78, 5) is 12.5. The zero-order valence-corrected chi connectivity index (χ0v) is 10.2. The van der Waals surface area contributed by atoms with E-state index in [-0.39, 0.29) is 5.78 Å². The van der Waals surface area contributed by atoms with Crippen molar-refractivity contribution in [3.05, 3.63) is 78.7 Å². The van der Waals surface area contributed by atoms with Crippen molar-refractivity contribution >= 4 is 5.78 Å². The van der Waals surface area contributed by atoms with Crippen molar-refractivity contribution in [2.75, 3.05) is 0 Å². The molecule has 0 saturated heterocycles. The normalized spacial score (nSPS) is 13.9. The third kappa shape index (κ3) is 2.20. The molecule has 0 heterocycles. The van der Waals surface area contributed by atoms with E-state index >= 15 is 0 Å². The Morgan fingerprint density at radius 1 is 1.00 bits per heavy atom. The molecule has 0 aliphatic carbocycles. The van der Waals surface area contributed by atoms with Gasteiger partial charge in [0.1, 0.15) is 5.54 Å². The Labute approximate surface area is 107 Å². The predicted molar refractivity (Wildman–Crippen MR) is 73.1 cm³/mol. The molecule has 0 amide bonds. The van der Waals surface area contributed by atoms with E-state index in [2.05, 4.69) is 6.92 Å². The fourth-order valence-corrected chi connectivity index (χ4v) is 1.97. The summed E-state index contributed by atoms with van der Waals surface area (Å²) in [6.45, 7) is 3.83. The number of benzene rings is 2. The van der Waals surface area contributed by atoms with Crippen molar-refractivity contribution in [2.45, 2.75) is 12.0 Å². The van der Waals surface area contributed by atoms with Crippen LogP contribution in [0.5, 0.6) is 0 Å². The van der Waals surface area contributed by atoms with Crippen molar-refractivity contribution in [3.63, 3.8) is 0 Å². The average Bonchev–Trinajstić information content (AvgIpc) is 2.47. The quantitative estimate of drug-likeness (QED) is 0.832. The maximum Gasteiger partial charge on any atom is 0.187 e. The van der Waals surface area contributed by atoms with Crippen LogP contribution in [0.1, 0.15) is 22.3 Å². The van der Waals surface area contributed by atoms with Crippen LogP contribution < -0.4 is 5.73 Å². The lowest BCUT2D eigenvalue weighted by Gasteiger charge is -2.27. The van der Waals surface area contributed by atoms with Crippen LogP contribution in [0.2, 0.25) is 0 Å². The molecule has 0 aromatic heterocycles. The van der Waals surface area contributed by atoms with Crippen LogP contribution in [0, 0.1) is 6.92 Å². The fourth-order valence-electron chi connectivity index (χ4n) is 1.97. The Hall–Kier alpha value is -1.93. The second-order valence-electron chi connectivity index (χ2n) is 4.28. The molecule has 1 unspecified atom stereocenters. The third-order valence-electron chi connectivity index (χ3n) is 3.12. The Balaban J connectivity index is 2.43. The standard InChI is InChI=1S/C16H16NO/c1-2-16(17,14-11-7-4-8-12-14)15(18)13-9-5-3-6-10-13/h3-12H,1-2,17H2. The third-order valence-corrected chi connectivity index (χ3v) is 3.12. The maximum absolute atomic E-state index is 12.5. The summed E-state index contributed by atoms with van der Waals surface area (Å²) in [6.07, 6.45) is 0.324. The summed E-state index contributed by atoms with van der Waals surface area (Å²) < 4.78 is 0. The van der Waals surface area contributed by atoms with Crippen molar-refractivity contribution < 1.29 is 4.79 Å². The van der Waals surface area contributed by atoms with Gasteiger partial charge in [0.15, 0.2) is 5.78 Å². The van der Waals surface area contributed by atoms with Gasteiger partial charge in [-0.1, -0.05) is 67.6 Å². The van der Waals surface area contributed by atoms with Crippen LogP contribution >= 0.6 is 0 Å². The molecular weight excluding hydrogens is 222 g/mol. The van der Waals surface area contributed by atoms with Crippen molar-refractivity contribution in [1.82, 2.24) is 0 Å². The molecule has 0 fully saturated rings. The molecule has 18 heavy (non-hydrogen) atoms. The molecule has 0 aliphatic rings. The van der Waals surface area contributed by atoms with Crippen LogP contribution in [0.3, 0.4) is 0 Å². The molecule has 2 aromatic carbocycles. The average molecular weight is 238 g/mol. The minimum Gasteiger partial charge on any atom is -0.315 e. The lowest BCUT2D eigenvalue weighted by molar-refractivity contribution is 0.0887. The number of rotatable bonds is 4. The fraction of sp³-hybridized carbons (Fsp3) is 0.125. The highest BCUT2D eigenvalue weighted by molar-refractivity contribution is 6.03. The van der Waals surface area contributed by atoms with Crippen LogP contribution in [0.4, 0.5) is 0 Å². The summed E-state index contributed by atoms with van der Waals surface area (Å²) in [7, 11) is 0. The summed E-state index contributed by atoms with van der Waals surface area (Å²) in [6, 6.07) is 18.5. The zero-order chi connectivity index (χ0) is 13.0. The van der Waals surface area contributed by atoms with Crippen LogP contribution in [0.15, 0.2) is 60.7 Å². The van der Waals surface area contributed by atoms with Crippen LogP contribution in [-0.4, -0.2) is 5.78 Å². The first-order chi connectivity index (χ1) is 8.68. The molecule has 0 aliphatic heterocycles. The van der Waals surface area contributed by atoms with E-state index < -0.39 is 5.54 Å². The summed E-state index contributed by atoms with van der Waals surface area (Å²) in [5, 5.41) is 0. The first-order valence-corrected chi connectivity index (χ1v) is 5.92. The smallest absolute Gasteiger partial charge is 0.187 e. The molecule has 0 bridgehead atoms. The highest BCUT2D eigenvalue weighted by atomic mass is 16.1. The molecule has 1 atom stereocenters.